The molecule has 1 aromatic carbocycles. The Balaban J connectivity index is 2.62. The summed E-state index contributed by atoms with van der Waals surface area (Å²) in [6, 6.07) is 3.98. The lowest BCUT2D eigenvalue weighted by Crippen LogP contribution is -2.27. The Morgan fingerprint density at radius 1 is 1.28 bits per heavy atom. The van der Waals surface area contributed by atoms with Gasteiger partial charge in [-0.25, -0.2) is 0 Å². The number of benzene rings is 1. The van der Waals surface area contributed by atoms with Crippen molar-refractivity contribution < 1.29 is 18.0 Å². The molecule has 1 rings (SSSR count). The monoisotopic (exact) mass is 276 g/mol. The van der Waals surface area contributed by atoms with Crippen molar-refractivity contribution in [2.75, 3.05) is 6.54 Å². The number of rotatable bonds is 4. The quantitative estimate of drug-likeness (QED) is 0.828. The first-order valence-electron chi connectivity index (χ1n) is 5.04. The lowest BCUT2D eigenvalue weighted by atomic mass is 10.1. The van der Waals surface area contributed by atoms with E-state index in [1.165, 1.54) is 0 Å². The summed E-state index contributed by atoms with van der Waals surface area (Å²) in [7, 11) is 0. The fraction of sp³-hybridized carbons (Fsp3) is 0.273. The molecule has 0 bridgehead atoms. The summed E-state index contributed by atoms with van der Waals surface area (Å²) < 4.78 is 36.9. The van der Waals surface area contributed by atoms with Crippen molar-refractivity contribution in [3.63, 3.8) is 0 Å². The Morgan fingerprint density at radius 3 is 2.28 bits per heavy atom. The minimum absolute atomic E-state index is 0.158. The van der Waals surface area contributed by atoms with E-state index in [9.17, 15) is 18.0 Å². The van der Waals surface area contributed by atoms with Gasteiger partial charge >= 0.3 is 6.18 Å². The van der Waals surface area contributed by atoms with Gasteiger partial charge in [-0.3, -0.25) is 4.79 Å². The molecule has 0 saturated heterocycles. The van der Waals surface area contributed by atoms with Crippen LogP contribution >= 0.6 is 12.2 Å². The number of alkyl halides is 3. The van der Waals surface area contributed by atoms with E-state index in [1.807, 2.05) is 0 Å². The average molecular weight is 276 g/mol. The topological polar surface area (TPSA) is 55.1 Å². The second-order valence-electron chi connectivity index (χ2n) is 3.55. The van der Waals surface area contributed by atoms with Crippen LogP contribution in [0.4, 0.5) is 13.2 Å². The highest BCUT2D eigenvalue weighted by atomic mass is 32.1. The smallest absolute Gasteiger partial charge is 0.393 e. The van der Waals surface area contributed by atoms with Gasteiger partial charge in [-0.1, -0.05) is 12.2 Å². The largest absolute Gasteiger partial charge is 0.416 e. The molecule has 0 fully saturated rings. The predicted octanol–water partition coefficient (Wildman–Crippen LogP) is 2.11. The van der Waals surface area contributed by atoms with Crippen LogP contribution < -0.4 is 11.1 Å². The Labute approximate surface area is 107 Å². The lowest BCUT2D eigenvalue weighted by molar-refractivity contribution is -0.137. The molecule has 0 aliphatic rings. The fourth-order valence-electron chi connectivity index (χ4n) is 1.21. The number of nitrogens with two attached hydrogens (primary N) is 1. The van der Waals surface area contributed by atoms with E-state index in [0.29, 0.717) is 6.42 Å². The lowest BCUT2D eigenvalue weighted by Gasteiger charge is -2.08. The van der Waals surface area contributed by atoms with E-state index in [-0.39, 0.29) is 17.1 Å². The van der Waals surface area contributed by atoms with E-state index >= 15 is 0 Å². The minimum Gasteiger partial charge on any atom is -0.393 e. The number of carbonyl (C=O) groups excluding carboxylic acids is 1. The van der Waals surface area contributed by atoms with E-state index in [1.54, 1.807) is 0 Å². The number of halogens is 3. The summed E-state index contributed by atoms with van der Waals surface area (Å²) in [5.41, 5.74) is 4.61. The Morgan fingerprint density at radius 2 is 1.83 bits per heavy atom. The van der Waals surface area contributed by atoms with Gasteiger partial charge < -0.3 is 11.1 Å². The molecular formula is C11H11F3N2OS. The predicted molar refractivity (Wildman–Crippen MR) is 65.2 cm³/mol. The molecule has 0 saturated carbocycles. The number of hydrogen-bond donors (Lipinski definition) is 2. The van der Waals surface area contributed by atoms with Gasteiger partial charge in [0.2, 0.25) is 0 Å². The molecular weight excluding hydrogens is 265 g/mol. The third-order valence-electron chi connectivity index (χ3n) is 2.13. The number of thiocarbonyl (C=S) groups is 1. The zero-order valence-electron chi connectivity index (χ0n) is 9.25. The highest BCUT2D eigenvalue weighted by molar-refractivity contribution is 7.80. The van der Waals surface area contributed by atoms with Gasteiger partial charge in [-0.05, 0) is 24.3 Å². The van der Waals surface area contributed by atoms with Gasteiger partial charge in [0.05, 0.1) is 10.6 Å². The zero-order chi connectivity index (χ0) is 13.8. The standard InChI is InChI=1S/C11H11F3N2OS/c12-11(13,14)8-3-1-7(2-4-8)10(17)16-6-5-9(15)18/h1-4H,5-6H2,(H2,15,18)(H,16,17). The van der Waals surface area contributed by atoms with Crippen molar-refractivity contribution in [3.8, 4) is 0 Å². The second kappa shape index (κ2) is 5.81. The van der Waals surface area contributed by atoms with Crippen molar-refractivity contribution in [1.82, 2.24) is 5.32 Å². The zero-order valence-corrected chi connectivity index (χ0v) is 10.1. The summed E-state index contributed by atoms with van der Waals surface area (Å²) in [4.78, 5) is 11.8. The molecule has 1 amide bonds. The highest BCUT2D eigenvalue weighted by Gasteiger charge is 2.30. The third kappa shape index (κ3) is 4.33. The van der Waals surface area contributed by atoms with E-state index in [4.69, 9.17) is 5.73 Å². The normalized spacial score (nSPS) is 11.1. The molecule has 0 radical (unpaired) electrons. The molecule has 98 valence electrons. The molecule has 7 heteroatoms. The molecule has 3 nitrogen and oxygen atoms in total. The molecule has 18 heavy (non-hydrogen) atoms. The van der Waals surface area contributed by atoms with Crippen molar-refractivity contribution >= 4 is 23.1 Å². The summed E-state index contributed by atoms with van der Waals surface area (Å²) in [6.07, 6.45) is -4.05. The molecule has 1 aromatic rings. The molecule has 0 heterocycles. The SMILES string of the molecule is NC(=S)CCNC(=O)c1ccc(C(F)(F)F)cc1. The van der Waals surface area contributed by atoms with Crippen molar-refractivity contribution in [2.45, 2.75) is 12.6 Å². The van der Waals surface area contributed by atoms with Gasteiger partial charge in [0, 0.05) is 18.5 Å². The molecule has 0 aliphatic carbocycles. The highest BCUT2D eigenvalue weighted by Crippen LogP contribution is 2.28. The molecule has 3 N–H and O–H groups in total. The first-order chi connectivity index (χ1) is 8.30. The maximum absolute atomic E-state index is 12.3. The van der Waals surface area contributed by atoms with Crippen LogP contribution in [0.3, 0.4) is 0 Å². The van der Waals surface area contributed by atoms with Crippen LogP contribution in [0.25, 0.3) is 0 Å². The Hall–Kier alpha value is -1.63. The average Bonchev–Trinajstić information content (AvgIpc) is 2.27. The van der Waals surface area contributed by atoms with Crippen LogP contribution in [0.15, 0.2) is 24.3 Å². The van der Waals surface area contributed by atoms with E-state index in [2.05, 4.69) is 17.5 Å². The molecule has 0 unspecified atom stereocenters. The van der Waals surface area contributed by atoms with Crippen LogP contribution in [0.2, 0.25) is 0 Å². The van der Waals surface area contributed by atoms with Crippen LogP contribution in [0.5, 0.6) is 0 Å². The second-order valence-corrected chi connectivity index (χ2v) is 4.07. The van der Waals surface area contributed by atoms with Crippen molar-refractivity contribution in [3.05, 3.63) is 35.4 Å². The maximum atomic E-state index is 12.3. The number of carbonyl (C=O) groups is 1. The van der Waals surface area contributed by atoms with Crippen LogP contribution in [0.1, 0.15) is 22.3 Å². The van der Waals surface area contributed by atoms with Crippen molar-refractivity contribution in [1.29, 1.82) is 0 Å². The third-order valence-corrected chi connectivity index (χ3v) is 2.34. The van der Waals surface area contributed by atoms with Gasteiger partial charge in [-0.2, -0.15) is 13.2 Å². The number of amides is 1. The van der Waals surface area contributed by atoms with Gasteiger partial charge in [0.15, 0.2) is 0 Å². The van der Waals surface area contributed by atoms with E-state index < -0.39 is 17.6 Å². The summed E-state index contributed by atoms with van der Waals surface area (Å²) in [5, 5.41) is 2.50. The minimum atomic E-state index is -4.40. The summed E-state index contributed by atoms with van der Waals surface area (Å²) in [5.74, 6) is -0.458. The molecule has 0 atom stereocenters. The van der Waals surface area contributed by atoms with Gasteiger partial charge in [0.25, 0.3) is 5.91 Å². The molecule has 0 aromatic heterocycles. The van der Waals surface area contributed by atoms with Crippen LogP contribution in [-0.4, -0.2) is 17.4 Å². The fourth-order valence-corrected chi connectivity index (χ4v) is 1.31. The first kappa shape index (κ1) is 14.4. The number of nitrogens with one attached hydrogen (secondary N) is 1. The van der Waals surface area contributed by atoms with Crippen molar-refractivity contribution in [2.24, 2.45) is 5.73 Å². The molecule has 0 spiro atoms. The Kier molecular flexibility index (Phi) is 4.66. The maximum Gasteiger partial charge on any atom is 0.416 e. The summed E-state index contributed by atoms with van der Waals surface area (Å²) in [6.45, 7) is 0.259. The van der Waals surface area contributed by atoms with E-state index in [0.717, 1.165) is 24.3 Å². The van der Waals surface area contributed by atoms with Gasteiger partial charge in [-0.15, -0.1) is 0 Å². The molecule has 0 aliphatic heterocycles. The summed E-state index contributed by atoms with van der Waals surface area (Å²) >= 11 is 4.62. The van der Waals surface area contributed by atoms with Crippen LogP contribution in [-0.2, 0) is 6.18 Å². The number of hydrogen-bond acceptors (Lipinski definition) is 2. The van der Waals surface area contributed by atoms with Gasteiger partial charge in [0.1, 0.15) is 0 Å². The first-order valence-corrected chi connectivity index (χ1v) is 5.45. The van der Waals surface area contributed by atoms with Crippen LogP contribution in [0, 0.1) is 0 Å². The Bertz CT molecular complexity index is 443.